The van der Waals surface area contributed by atoms with Gasteiger partial charge in [0.1, 0.15) is 41.5 Å². The summed E-state index contributed by atoms with van der Waals surface area (Å²) in [4.78, 5) is 25.6. The lowest BCUT2D eigenvalue weighted by molar-refractivity contribution is -0.154. The molecule has 1 saturated heterocycles. The minimum absolute atomic E-state index is 0.0916. The number of nitrogens with zero attached hydrogens (tertiary/aromatic N) is 4. The van der Waals surface area contributed by atoms with Crippen LogP contribution >= 0.6 is 7.75 Å². The number of benzene rings is 2. The summed E-state index contributed by atoms with van der Waals surface area (Å²) in [6.45, 7) is 4.05. The van der Waals surface area contributed by atoms with Gasteiger partial charge in [-0.05, 0) is 51.5 Å². The van der Waals surface area contributed by atoms with Gasteiger partial charge in [-0.2, -0.15) is 15.1 Å². The minimum Gasteiger partial charge on any atom is -0.479 e. The molecular weight excluding hydrogens is 619 g/mol. The summed E-state index contributed by atoms with van der Waals surface area (Å²) in [6.07, 6.45) is -1.61. The van der Waals surface area contributed by atoms with Gasteiger partial charge in [0.05, 0.1) is 13.7 Å². The predicted molar refractivity (Wildman–Crippen MR) is 166 cm³/mol. The molecule has 15 nitrogen and oxygen atoms in total. The highest BCUT2D eigenvalue weighted by Gasteiger charge is 2.54. The lowest BCUT2D eigenvalue weighted by Crippen LogP contribution is -2.45. The number of aliphatic hydroxyl groups excluding tert-OH is 1. The van der Waals surface area contributed by atoms with E-state index in [4.69, 9.17) is 29.0 Å². The molecule has 0 radical (unpaired) electrons. The standard InChI is InChI=1S/C30H37N6O9P/c1-16(27(38)43-19-11-8-12-19)35-46(40,45-21-14-7-10-18-9-5-6-13-20(18)21)42-15-22-24(37)30(3,39)28(44-22)36-17(2)32-23-25(36)33-29(31)34-26(23)41-4/h5-7,9-10,13-14,16,19,22,24,28,37,39H,8,11-12,15H2,1-4H3,(H,35,40)(H2,31,33,34). The van der Waals surface area contributed by atoms with E-state index in [9.17, 15) is 19.6 Å². The number of hydrogen-bond acceptors (Lipinski definition) is 13. The van der Waals surface area contributed by atoms with Crippen LogP contribution in [0.15, 0.2) is 42.5 Å². The second kappa shape index (κ2) is 12.4. The number of ether oxygens (including phenoxy) is 3. The van der Waals surface area contributed by atoms with E-state index in [-0.39, 0.29) is 34.8 Å². The first kappa shape index (κ1) is 32.1. The van der Waals surface area contributed by atoms with Gasteiger partial charge in [0.2, 0.25) is 11.8 Å². The Labute approximate surface area is 264 Å². The SMILES string of the molecule is COc1nc(N)nc2c1nc(C)n2C1OC(COP(=O)(NC(C)C(=O)OC2CCC2)Oc2cccc3ccccc23)C(O)C1(C)O. The third-order valence-electron chi connectivity index (χ3n) is 8.30. The van der Waals surface area contributed by atoms with Gasteiger partial charge in [-0.15, -0.1) is 0 Å². The number of aliphatic hydroxyl groups is 2. The van der Waals surface area contributed by atoms with E-state index in [2.05, 4.69) is 20.0 Å². The molecule has 2 aromatic carbocycles. The molecule has 1 aliphatic carbocycles. The smallest absolute Gasteiger partial charge is 0.459 e. The van der Waals surface area contributed by atoms with Crippen molar-refractivity contribution in [1.82, 2.24) is 24.6 Å². The molecule has 3 heterocycles. The van der Waals surface area contributed by atoms with Crippen molar-refractivity contribution >= 4 is 41.6 Å². The van der Waals surface area contributed by atoms with Crippen molar-refractivity contribution in [2.45, 2.75) is 76.2 Å². The number of imidazole rings is 1. The maximum atomic E-state index is 14.4. The molecule has 246 valence electrons. The van der Waals surface area contributed by atoms with Gasteiger partial charge in [-0.25, -0.2) is 9.55 Å². The van der Waals surface area contributed by atoms with Crippen LogP contribution in [0.2, 0.25) is 0 Å². The second-order valence-corrected chi connectivity index (χ2v) is 13.4. The van der Waals surface area contributed by atoms with Gasteiger partial charge in [0, 0.05) is 5.39 Å². The normalized spacial score (nSPS) is 25.2. The number of aryl methyl sites for hydroxylation is 1. The lowest BCUT2D eigenvalue weighted by Gasteiger charge is -2.29. The molecule has 2 aromatic heterocycles. The number of carbonyl (C=O) groups is 1. The molecule has 1 saturated carbocycles. The fraction of sp³-hybridized carbons (Fsp3) is 0.467. The Kier molecular flexibility index (Phi) is 8.65. The predicted octanol–water partition coefficient (Wildman–Crippen LogP) is 3.17. The number of fused-ring (bicyclic) bond motifs is 2. The molecule has 16 heteroatoms. The number of methoxy groups -OCH3 is 1. The molecule has 2 fully saturated rings. The van der Waals surface area contributed by atoms with Gasteiger partial charge in [0.15, 0.2) is 17.4 Å². The van der Waals surface area contributed by atoms with Crippen molar-refractivity contribution in [3.05, 3.63) is 48.3 Å². The van der Waals surface area contributed by atoms with Crippen LogP contribution in [-0.4, -0.2) is 79.4 Å². The number of aromatic nitrogens is 4. The van der Waals surface area contributed by atoms with Crippen molar-refractivity contribution < 1.29 is 42.8 Å². The Morgan fingerprint density at radius 2 is 1.96 bits per heavy atom. The summed E-state index contributed by atoms with van der Waals surface area (Å²) in [7, 11) is -2.94. The molecule has 2 aliphatic rings. The van der Waals surface area contributed by atoms with Crippen LogP contribution in [0.25, 0.3) is 21.9 Å². The zero-order chi connectivity index (χ0) is 32.8. The molecule has 5 N–H and O–H groups in total. The van der Waals surface area contributed by atoms with Crippen LogP contribution in [0.3, 0.4) is 0 Å². The number of esters is 1. The number of nitrogen functional groups attached to an aromatic ring is 1. The molecule has 6 atom stereocenters. The molecule has 1 aliphatic heterocycles. The first-order valence-electron chi connectivity index (χ1n) is 14.9. The molecule has 6 unspecified atom stereocenters. The van der Waals surface area contributed by atoms with E-state index in [0.717, 1.165) is 24.6 Å². The molecule has 4 aromatic rings. The maximum absolute atomic E-state index is 14.4. The highest BCUT2D eigenvalue weighted by molar-refractivity contribution is 7.52. The van der Waals surface area contributed by atoms with Crippen LogP contribution in [0.4, 0.5) is 5.95 Å². The van der Waals surface area contributed by atoms with Crippen molar-refractivity contribution in [3.63, 3.8) is 0 Å². The summed E-state index contributed by atoms with van der Waals surface area (Å²) in [5, 5.41) is 26.9. The summed E-state index contributed by atoms with van der Waals surface area (Å²) in [5.41, 5.74) is 4.49. The molecule has 46 heavy (non-hydrogen) atoms. The van der Waals surface area contributed by atoms with E-state index in [1.165, 1.54) is 25.5 Å². The number of rotatable bonds is 11. The van der Waals surface area contributed by atoms with E-state index < -0.39 is 50.4 Å². The van der Waals surface area contributed by atoms with Crippen molar-refractivity contribution in [3.8, 4) is 11.6 Å². The van der Waals surface area contributed by atoms with Crippen molar-refractivity contribution in [2.75, 3.05) is 19.5 Å². The Hall–Kier alpha value is -3.85. The summed E-state index contributed by atoms with van der Waals surface area (Å²) in [5.74, 6) is 0.0566. The molecular formula is C30H37N6O9P. The summed E-state index contributed by atoms with van der Waals surface area (Å²) >= 11 is 0. The minimum atomic E-state index is -4.35. The monoisotopic (exact) mass is 656 g/mol. The van der Waals surface area contributed by atoms with Crippen molar-refractivity contribution in [2.24, 2.45) is 0 Å². The Balaban J connectivity index is 1.27. The van der Waals surface area contributed by atoms with E-state index in [0.29, 0.717) is 11.2 Å². The van der Waals surface area contributed by atoms with Crippen LogP contribution in [0.1, 0.15) is 45.2 Å². The van der Waals surface area contributed by atoms with Crippen LogP contribution in [0, 0.1) is 6.92 Å². The van der Waals surface area contributed by atoms with Gasteiger partial charge in [-0.1, -0.05) is 36.4 Å². The second-order valence-electron chi connectivity index (χ2n) is 11.7. The average Bonchev–Trinajstić information content (AvgIpc) is 3.44. The zero-order valence-electron chi connectivity index (χ0n) is 25.8. The van der Waals surface area contributed by atoms with Crippen LogP contribution in [0.5, 0.6) is 11.6 Å². The fourth-order valence-corrected chi connectivity index (χ4v) is 7.08. The fourth-order valence-electron chi connectivity index (χ4n) is 5.56. The molecule has 6 rings (SSSR count). The lowest BCUT2D eigenvalue weighted by atomic mass is 9.96. The third-order valence-corrected chi connectivity index (χ3v) is 9.93. The van der Waals surface area contributed by atoms with E-state index in [1.807, 2.05) is 24.3 Å². The topological polar surface area (TPSA) is 202 Å². The van der Waals surface area contributed by atoms with Gasteiger partial charge < -0.3 is 34.7 Å². The number of nitrogens with two attached hydrogens (primary N) is 1. The van der Waals surface area contributed by atoms with E-state index in [1.54, 1.807) is 25.1 Å². The quantitative estimate of drug-likeness (QED) is 0.135. The summed E-state index contributed by atoms with van der Waals surface area (Å²) < 4.78 is 44.6. The first-order valence-corrected chi connectivity index (χ1v) is 16.5. The Morgan fingerprint density at radius 1 is 1.22 bits per heavy atom. The molecule has 0 amide bonds. The maximum Gasteiger partial charge on any atom is 0.459 e. The van der Waals surface area contributed by atoms with Crippen LogP contribution < -0.4 is 20.1 Å². The van der Waals surface area contributed by atoms with Crippen molar-refractivity contribution in [1.29, 1.82) is 0 Å². The zero-order valence-corrected chi connectivity index (χ0v) is 26.7. The van der Waals surface area contributed by atoms with Crippen LogP contribution in [-0.2, 0) is 23.4 Å². The number of hydrogen-bond donors (Lipinski definition) is 4. The van der Waals surface area contributed by atoms with Gasteiger partial charge in [-0.3, -0.25) is 13.9 Å². The Bertz CT molecular complexity index is 1810. The first-order chi connectivity index (χ1) is 21.9. The van der Waals surface area contributed by atoms with Gasteiger partial charge >= 0.3 is 13.7 Å². The van der Waals surface area contributed by atoms with Gasteiger partial charge in [0.25, 0.3) is 0 Å². The highest BCUT2D eigenvalue weighted by atomic mass is 31.2. The molecule has 0 bridgehead atoms. The number of carbonyl (C=O) groups excluding carboxylic acids is 1. The highest BCUT2D eigenvalue weighted by Crippen LogP contribution is 2.49. The molecule has 0 spiro atoms. The summed E-state index contributed by atoms with van der Waals surface area (Å²) in [6, 6.07) is 11.5. The largest absolute Gasteiger partial charge is 0.479 e. The average molecular weight is 657 g/mol. The van der Waals surface area contributed by atoms with E-state index >= 15 is 0 Å². The number of anilines is 1. The third kappa shape index (κ3) is 6.01. The number of nitrogens with one attached hydrogen (secondary N) is 1. The Morgan fingerprint density at radius 3 is 2.67 bits per heavy atom.